The van der Waals surface area contributed by atoms with Crippen LogP contribution in [0.2, 0.25) is 10.0 Å². The third-order valence-electron chi connectivity index (χ3n) is 23.4. The standard InChI is InChI=1S/C37H22BrClN4.C37H21BrN4.C25H15ClIN3.C12H8BrN/c38-25-18-20-32-29(22-25)26-14-7-8-17-31(26)43(32)33-21-19-28(27-15-9-16-30(39)34(27)33)37-41-35(23-10-3-1-4-11-23)40-36(42-37)24-12-5-2-6-13-24;38-24-20-29-25-14-7-8-17-31(25)42-32-19-18-28(26-15-9-16-27(33(26)32)30(21-24)34(29)42)37-40-35(22-10-3-1-4-11-22)39-36(41-37)23-12-5-2-6-13-23;26-20-13-7-12-18-19(14-15-21(27)22(18)20)25-29-23(16-8-3-1-4-9-16)28-24(30-25)17-10-5-2-6-11-17;13-8-5-6-12-10(7-8)9-3-1-2-4-11(9)14-12/h1-22H;1-21H;1-15H;1-7,14H. The molecule has 0 spiro atoms. The molecule has 18 aromatic carbocycles. The Kier molecular flexibility index (Phi) is 21.6. The van der Waals surface area contributed by atoms with Crippen LogP contribution in [0, 0.1) is 3.57 Å². The van der Waals surface area contributed by atoms with Crippen LogP contribution < -0.4 is 0 Å². The van der Waals surface area contributed by atoms with Gasteiger partial charge in [-0.25, -0.2) is 44.9 Å². The molecule has 0 fully saturated rings. The van der Waals surface area contributed by atoms with Crippen molar-refractivity contribution in [2.75, 3.05) is 0 Å². The number of para-hydroxylation sites is 3. The number of hydrogen-bond donors (Lipinski definition) is 1. The highest BCUT2D eigenvalue weighted by Crippen LogP contribution is 2.47. The van der Waals surface area contributed by atoms with Crippen molar-refractivity contribution in [3.05, 3.63) is 421 Å². The van der Waals surface area contributed by atoms with E-state index in [2.05, 4.69) is 266 Å². The molecule has 7 heterocycles. The molecule has 0 radical (unpaired) electrons. The summed E-state index contributed by atoms with van der Waals surface area (Å²) < 4.78 is 9.05. The number of aromatic amines is 1. The number of fused-ring (bicyclic) bond motifs is 13. The number of rotatable bonds is 10. The zero-order valence-electron chi connectivity index (χ0n) is 68.2. The molecule has 18 heteroatoms. The lowest BCUT2D eigenvalue weighted by Crippen LogP contribution is -2.02. The smallest absolute Gasteiger partial charge is 0.164 e. The van der Waals surface area contributed by atoms with E-state index < -0.39 is 0 Å². The van der Waals surface area contributed by atoms with Crippen molar-refractivity contribution in [2.45, 2.75) is 0 Å². The van der Waals surface area contributed by atoms with Crippen LogP contribution in [0.3, 0.4) is 0 Å². The van der Waals surface area contributed by atoms with Crippen molar-refractivity contribution in [1.82, 2.24) is 58.8 Å². The van der Waals surface area contributed by atoms with Gasteiger partial charge in [-0.15, -0.1) is 0 Å². The third kappa shape index (κ3) is 15.2. The molecule has 129 heavy (non-hydrogen) atoms. The Labute approximate surface area is 788 Å². The molecule has 0 aliphatic heterocycles. The highest BCUT2D eigenvalue weighted by atomic mass is 127. The second kappa shape index (κ2) is 34.6. The van der Waals surface area contributed by atoms with E-state index in [0.29, 0.717) is 57.4 Å². The molecule has 612 valence electrons. The summed E-state index contributed by atoms with van der Waals surface area (Å²) in [5.74, 6) is 5.74. The number of hydrogen-bond acceptors (Lipinski definition) is 9. The fraction of sp³-hybridized carbons (Fsp3) is 0. The molecule has 0 unspecified atom stereocenters. The maximum atomic E-state index is 7.05. The van der Waals surface area contributed by atoms with Crippen LogP contribution >= 0.6 is 93.6 Å². The molecule has 0 saturated carbocycles. The van der Waals surface area contributed by atoms with E-state index in [0.717, 1.165) is 116 Å². The Morgan fingerprint density at radius 1 is 0.233 bits per heavy atom. The summed E-state index contributed by atoms with van der Waals surface area (Å²) in [5.41, 5.74) is 17.7. The van der Waals surface area contributed by atoms with Gasteiger partial charge in [-0.05, 0) is 159 Å². The zero-order chi connectivity index (χ0) is 86.7. The average molecular weight is 2010 g/mol. The fourth-order valence-corrected chi connectivity index (χ4v) is 20.2. The van der Waals surface area contributed by atoms with Gasteiger partial charge in [0, 0.05) is 137 Å². The van der Waals surface area contributed by atoms with Crippen molar-refractivity contribution in [3.63, 3.8) is 0 Å². The quantitative estimate of drug-likeness (QED) is 0.0805. The SMILES string of the molecule is Brc1cc2c3cccc4c(-c5nc(-c6ccccc6)nc(-c6ccccc6)n5)ccc(c43)n3c4ccccc4c(c1)c23.Brc1ccc2[nH]c3ccccc3c2c1.Clc1cccc2c(-c3nc(-c4ccccc4)nc(-c4ccccc4)n3)ccc(-n3c4ccccc4c4cc(Br)ccc43)c12.Clc1cccc2c(-c3nc(-c4ccccc4)nc(-c4ccccc4)n3)ccc(I)c12. The van der Waals surface area contributed by atoms with Crippen molar-refractivity contribution >= 4 is 208 Å². The summed E-state index contributed by atoms with van der Waals surface area (Å²) in [6.45, 7) is 0. The van der Waals surface area contributed by atoms with Gasteiger partial charge in [0.25, 0.3) is 0 Å². The average Bonchev–Trinajstić information content (AvgIpc) is 1.56. The first-order chi connectivity index (χ1) is 63.4. The predicted molar refractivity (Wildman–Crippen MR) is 552 cm³/mol. The van der Waals surface area contributed by atoms with Crippen LogP contribution in [0.1, 0.15) is 0 Å². The largest absolute Gasteiger partial charge is 0.355 e. The van der Waals surface area contributed by atoms with Gasteiger partial charge in [0.15, 0.2) is 52.4 Å². The summed E-state index contributed by atoms with van der Waals surface area (Å²) in [6.07, 6.45) is 0. The molecule has 25 rings (SSSR count). The molecule has 0 aliphatic carbocycles. The van der Waals surface area contributed by atoms with E-state index in [1.165, 1.54) is 76.1 Å². The number of aromatic nitrogens is 12. The molecule has 12 nitrogen and oxygen atoms in total. The number of nitrogens with one attached hydrogen (secondary N) is 1. The van der Waals surface area contributed by atoms with E-state index in [1.807, 2.05) is 212 Å². The maximum absolute atomic E-state index is 7.05. The zero-order valence-corrected chi connectivity index (χ0v) is 76.6. The van der Waals surface area contributed by atoms with E-state index in [-0.39, 0.29) is 0 Å². The first-order valence-corrected chi connectivity index (χ1v) is 46.0. The van der Waals surface area contributed by atoms with Crippen molar-refractivity contribution in [3.8, 4) is 108 Å². The van der Waals surface area contributed by atoms with Crippen LogP contribution in [0.4, 0.5) is 0 Å². The van der Waals surface area contributed by atoms with Gasteiger partial charge in [-0.1, -0.05) is 350 Å². The number of pyridine rings is 1. The topological polar surface area (TPSA) is 141 Å². The van der Waals surface area contributed by atoms with E-state index in [4.69, 9.17) is 68.1 Å². The van der Waals surface area contributed by atoms with Crippen LogP contribution in [0.25, 0.3) is 222 Å². The lowest BCUT2D eigenvalue weighted by atomic mass is 9.96. The van der Waals surface area contributed by atoms with Crippen LogP contribution in [-0.4, -0.2) is 58.8 Å². The molecule has 7 aromatic heterocycles. The summed E-state index contributed by atoms with van der Waals surface area (Å²) in [4.78, 5) is 47.7. The summed E-state index contributed by atoms with van der Waals surface area (Å²) in [5, 5.41) is 17.5. The number of benzene rings is 18. The second-order valence-corrected chi connectivity index (χ2v) is 35.8. The van der Waals surface area contributed by atoms with Crippen molar-refractivity contribution in [2.24, 2.45) is 0 Å². The summed E-state index contributed by atoms with van der Waals surface area (Å²) in [7, 11) is 0. The molecule has 1 N–H and O–H groups in total. The van der Waals surface area contributed by atoms with Gasteiger partial charge in [0.1, 0.15) is 0 Å². The molecule has 25 aromatic rings. The maximum Gasteiger partial charge on any atom is 0.164 e. The monoisotopic (exact) mass is 2000 g/mol. The molecular formula is C111H66Br3Cl2IN12. The van der Waals surface area contributed by atoms with Crippen LogP contribution in [-0.2, 0) is 0 Å². The molecule has 0 amide bonds. The highest BCUT2D eigenvalue weighted by Gasteiger charge is 2.25. The number of H-pyrrole nitrogens is 1. The minimum Gasteiger partial charge on any atom is -0.355 e. The third-order valence-corrected chi connectivity index (χ3v) is 26.3. The Balaban J connectivity index is 0.000000107. The van der Waals surface area contributed by atoms with Gasteiger partial charge >= 0.3 is 0 Å². The first-order valence-electron chi connectivity index (χ1n) is 41.8. The van der Waals surface area contributed by atoms with Crippen molar-refractivity contribution in [1.29, 1.82) is 0 Å². The number of halogens is 6. The van der Waals surface area contributed by atoms with Crippen molar-refractivity contribution < 1.29 is 0 Å². The molecule has 0 bridgehead atoms. The van der Waals surface area contributed by atoms with E-state index >= 15 is 0 Å². The minimum absolute atomic E-state index is 0.595. The fourth-order valence-electron chi connectivity index (χ4n) is 17.6. The first kappa shape index (κ1) is 80.7. The molecule has 0 atom stereocenters. The van der Waals surface area contributed by atoms with Gasteiger partial charge < -0.3 is 14.0 Å². The lowest BCUT2D eigenvalue weighted by molar-refractivity contribution is 1.08. The normalized spacial score (nSPS) is 11.5. The lowest BCUT2D eigenvalue weighted by Gasteiger charge is -2.16. The Hall–Kier alpha value is -14.1. The van der Waals surface area contributed by atoms with Gasteiger partial charge in [-0.3, -0.25) is 0 Å². The summed E-state index contributed by atoms with van der Waals surface area (Å²) in [6, 6.07) is 134. The minimum atomic E-state index is 0.595. The Morgan fingerprint density at radius 3 is 1.07 bits per heavy atom. The van der Waals surface area contributed by atoms with E-state index in [9.17, 15) is 0 Å². The van der Waals surface area contributed by atoms with Gasteiger partial charge in [-0.2, -0.15) is 0 Å². The molecule has 0 saturated heterocycles. The van der Waals surface area contributed by atoms with Crippen LogP contribution in [0.5, 0.6) is 0 Å². The second-order valence-electron chi connectivity index (χ2n) is 31.1. The van der Waals surface area contributed by atoms with Gasteiger partial charge in [0.05, 0.1) is 38.3 Å². The predicted octanol–water partition coefficient (Wildman–Crippen LogP) is 31.8. The number of nitrogens with zero attached hydrogens (tertiary/aromatic N) is 11. The van der Waals surface area contributed by atoms with E-state index in [1.54, 1.807) is 0 Å². The Bertz CT molecular complexity index is 8470. The van der Waals surface area contributed by atoms with Crippen LogP contribution in [0.15, 0.2) is 408 Å². The molecular weight excluding hydrogens is 1940 g/mol. The summed E-state index contributed by atoms with van der Waals surface area (Å²) >= 11 is 26.8. The highest BCUT2D eigenvalue weighted by molar-refractivity contribution is 14.1. The molecule has 0 aliphatic rings. The Morgan fingerprint density at radius 2 is 0.566 bits per heavy atom. The van der Waals surface area contributed by atoms with Gasteiger partial charge in [0.2, 0.25) is 0 Å².